The van der Waals surface area contributed by atoms with Crippen LogP contribution in [0.3, 0.4) is 0 Å². The van der Waals surface area contributed by atoms with Crippen LogP contribution < -0.4 is 21.2 Å². The van der Waals surface area contributed by atoms with Crippen molar-refractivity contribution in [2.24, 2.45) is 0 Å². The van der Waals surface area contributed by atoms with Crippen molar-refractivity contribution in [3.8, 4) is 17.2 Å². The van der Waals surface area contributed by atoms with E-state index in [-0.39, 0.29) is 34.3 Å². The van der Waals surface area contributed by atoms with Gasteiger partial charge in [-0.05, 0) is 44.5 Å². The van der Waals surface area contributed by atoms with E-state index in [9.17, 15) is 42.8 Å². The molecule has 0 bridgehead atoms. The van der Waals surface area contributed by atoms with Crippen LogP contribution in [0.1, 0.15) is 32.1 Å². The molecule has 1 aliphatic carbocycles. The Balaban J connectivity index is 1.37. The smallest absolute Gasteiger partial charge is 0.453 e. The summed E-state index contributed by atoms with van der Waals surface area (Å²) in [5, 5.41) is 0. The maximum absolute atomic E-state index is 12.4. The first-order valence-corrected chi connectivity index (χ1v) is 17.0. The largest absolute Gasteiger partial charge is 0.536 e. The maximum atomic E-state index is 12.4. The van der Waals surface area contributed by atoms with Gasteiger partial charge in [0.05, 0.1) is 12.7 Å². The van der Waals surface area contributed by atoms with Gasteiger partial charge in [0, 0.05) is 23.9 Å². The lowest BCUT2D eigenvalue weighted by molar-refractivity contribution is -0.0687. The minimum atomic E-state index is -5.78. The molecule has 0 spiro atoms. The first-order valence-electron chi connectivity index (χ1n) is 12.5. The van der Waals surface area contributed by atoms with Gasteiger partial charge in [-0.2, -0.15) is 8.62 Å². The highest BCUT2D eigenvalue weighted by molar-refractivity contribution is 7.67. The summed E-state index contributed by atoms with van der Waals surface area (Å²) in [6.07, 6.45) is -0.443. The average Bonchev–Trinajstić information content (AvgIpc) is 2.90. The Hall–Kier alpha value is -3.27. The van der Waals surface area contributed by atoms with Gasteiger partial charge >= 0.3 is 29.2 Å². The van der Waals surface area contributed by atoms with E-state index < -0.39 is 59.4 Å². The number of phosphoric acid groups is 3. The number of aromatic nitrogens is 3. The summed E-state index contributed by atoms with van der Waals surface area (Å²) in [5.74, 6) is -0.286. The molecule has 1 aromatic heterocycles. The van der Waals surface area contributed by atoms with Crippen LogP contribution in [-0.4, -0.2) is 41.9 Å². The molecule has 0 saturated carbocycles. The molecule has 3 unspecified atom stereocenters. The quantitative estimate of drug-likeness (QED) is 0.117. The van der Waals surface area contributed by atoms with Gasteiger partial charge in [-0.25, -0.2) is 23.5 Å². The van der Waals surface area contributed by atoms with Gasteiger partial charge in [0.25, 0.3) is 5.56 Å². The van der Waals surface area contributed by atoms with Crippen LogP contribution >= 0.6 is 23.5 Å². The Bertz CT molecular complexity index is 1970. The molecule has 0 amide bonds. The highest BCUT2D eigenvalue weighted by Crippen LogP contribution is 2.67. The Labute approximate surface area is 247 Å². The van der Waals surface area contributed by atoms with E-state index >= 15 is 0 Å². The standard InChI is InChI=1S/C23H26N3O15P3/c1-4-21(26-11-13(2)22(28)25-23(26)29)37-14(3)12-36-42(30,31)40-44(34,35)41-43(32,33)39-16-6-8-18-20(10-16)38-19-9-15(27)5-7-17(19)24-18/h5-11,14,21H,4,12H2,1-3H3,(H,30,31)(H,32,33)(H,34,35)(H,25,28,29)/t14-,21+/m1/s1. The molecule has 0 saturated heterocycles. The molecule has 4 rings (SSSR count). The number of rotatable bonds is 13. The average molecular weight is 677 g/mol. The van der Waals surface area contributed by atoms with Crippen molar-refractivity contribution in [3.63, 3.8) is 0 Å². The van der Waals surface area contributed by atoms with Crippen molar-refractivity contribution in [2.45, 2.75) is 39.5 Å². The van der Waals surface area contributed by atoms with Crippen molar-refractivity contribution in [1.82, 2.24) is 14.5 Å². The summed E-state index contributed by atoms with van der Waals surface area (Å²) in [5.41, 5.74) is -0.809. The number of H-pyrrole nitrogens is 1. The van der Waals surface area contributed by atoms with Crippen molar-refractivity contribution < 1.29 is 55.2 Å². The van der Waals surface area contributed by atoms with Gasteiger partial charge in [0.2, 0.25) is 0 Å². The van der Waals surface area contributed by atoms with Crippen LogP contribution in [0, 0.1) is 6.92 Å². The van der Waals surface area contributed by atoms with E-state index in [1.54, 1.807) is 6.92 Å². The lowest BCUT2D eigenvalue weighted by Gasteiger charge is -2.24. The first-order chi connectivity index (χ1) is 20.5. The number of nitrogens with zero attached hydrogens (tertiary/aromatic N) is 2. The number of hydrogen-bond acceptors (Lipinski definition) is 13. The maximum Gasteiger partial charge on any atom is 0.536 e. The second-order valence-electron chi connectivity index (χ2n) is 9.22. The molecule has 1 aromatic carbocycles. The molecule has 2 heterocycles. The number of aryl methyl sites for hydroxylation is 1. The fourth-order valence-electron chi connectivity index (χ4n) is 3.76. The zero-order chi connectivity index (χ0) is 32.4. The summed E-state index contributed by atoms with van der Waals surface area (Å²) in [7, 11) is -16.7. The van der Waals surface area contributed by atoms with Crippen LogP contribution in [0.25, 0.3) is 22.6 Å². The molecule has 2 aliphatic rings. The van der Waals surface area contributed by atoms with E-state index in [1.807, 2.05) is 0 Å². The number of fused-ring (bicyclic) bond motifs is 2. The molecule has 44 heavy (non-hydrogen) atoms. The second-order valence-corrected chi connectivity index (χ2v) is 13.8. The summed E-state index contributed by atoms with van der Waals surface area (Å²) < 4.78 is 67.0. The number of nitrogens with one attached hydrogen (secondary N) is 1. The topological polar surface area (TPSA) is 256 Å². The Morgan fingerprint density at radius 2 is 1.70 bits per heavy atom. The molecule has 4 N–H and O–H groups in total. The highest BCUT2D eigenvalue weighted by atomic mass is 31.3. The molecular formula is C23H26N3O15P3. The fourth-order valence-corrected chi connectivity index (χ4v) is 7.33. The zero-order valence-corrected chi connectivity index (χ0v) is 25.8. The molecule has 0 radical (unpaired) electrons. The van der Waals surface area contributed by atoms with Crippen LogP contribution in [0.5, 0.6) is 5.75 Å². The van der Waals surface area contributed by atoms with Crippen LogP contribution in [0.4, 0.5) is 0 Å². The molecule has 21 heteroatoms. The summed E-state index contributed by atoms with van der Waals surface area (Å²) in [6.45, 7) is 3.80. The van der Waals surface area contributed by atoms with E-state index in [1.165, 1.54) is 44.3 Å². The van der Waals surface area contributed by atoms with Gasteiger partial charge in [0.15, 0.2) is 16.8 Å². The normalized spacial score (nSPS) is 17.4. The Kier molecular flexibility index (Phi) is 9.93. The van der Waals surface area contributed by atoms with Gasteiger partial charge in [-0.1, -0.05) is 6.92 Å². The molecule has 238 valence electrons. The number of phosphoric ester groups is 2. The molecule has 1 aliphatic heterocycles. The minimum Gasteiger partial charge on any atom is -0.453 e. The monoisotopic (exact) mass is 677 g/mol. The van der Waals surface area contributed by atoms with Gasteiger partial charge < -0.3 is 23.5 Å². The fraction of sp³-hybridized carbons (Fsp3) is 0.304. The predicted octanol–water partition coefficient (Wildman–Crippen LogP) is 3.19. The van der Waals surface area contributed by atoms with Gasteiger partial charge in [-0.15, -0.1) is 0 Å². The molecule has 18 nitrogen and oxygen atoms in total. The van der Waals surface area contributed by atoms with E-state index in [2.05, 4.69) is 23.1 Å². The predicted molar refractivity (Wildman–Crippen MR) is 151 cm³/mol. The van der Waals surface area contributed by atoms with Crippen LogP contribution in [0.15, 0.2) is 61.4 Å². The molecule has 0 fully saturated rings. The van der Waals surface area contributed by atoms with E-state index in [0.717, 1.165) is 16.7 Å². The van der Waals surface area contributed by atoms with E-state index in [0.29, 0.717) is 5.69 Å². The lowest BCUT2D eigenvalue weighted by Crippen LogP contribution is -2.35. The van der Waals surface area contributed by atoms with Crippen molar-refractivity contribution in [1.29, 1.82) is 0 Å². The van der Waals surface area contributed by atoms with Crippen molar-refractivity contribution in [3.05, 3.63) is 79.2 Å². The minimum absolute atomic E-state index is 0.0134. The Morgan fingerprint density at radius 1 is 1.00 bits per heavy atom. The third-order valence-corrected chi connectivity index (χ3v) is 9.84. The third-order valence-electron chi connectivity index (χ3n) is 5.62. The van der Waals surface area contributed by atoms with Gasteiger partial charge in [-0.3, -0.25) is 28.6 Å². The first kappa shape index (κ1) is 33.6. The Morgan fingerprint density at radius 3 is 2.41 bits per heavy atom. The van der Waals surface area contributed by atoms with Crippen LogP contribution in [0.2, 0.25) is 0 Å². The summed E-state index contributed by atoms with van der Waals surface area (Å²) in [6, 6.07) is 7.47. The highest BCUT2D eigenvalue weighted by Gasteiger charge is 2.43. The summed E-state index contributed by atoms with van der Waals surface area (Å²) >= 11 is 0. The van der Waals surface area contributed by atoms with Crippen molar-refractivity contribution >= 4 is 34.6 Å². The van der Waals surface area contributed by atoms with Crippen LogP contribution in [-0.2, 0) is 31.6 Å². The second kappa shape index (κ2) is 13.0. The molecule has 2 aromatic rings. The number of hydrogen-bond donors (Lipinski definition) is 4. The molecule has 5 atom stereocenters. The SMILES string of the molecule is CC[C@H](O[C@H](C)COP(=O)(O)OP(=O)(O)OP(=O)(O)Oc1ccc2nc3ccc(=O)cc-3oc2c1)n1cc(C)c(=O)[nH]c1=O. The zero-order valence-electron chi connectivity index (χ0n) is 23.1. The summed E-state index contributed by atoms with van der Waals surface area (Å²) in [4.78, 5) is 71.6. The number of benzene rings is 2. The van der Waals surface area contributed by atoms with E-state index in [4.69, 9.17) is 13.7 Å². The van der Waals surface area contributed by atoms with Crippen molar-refractivity contribution in [2.75, 3.05) is 6.61 Å². The lowest BCUT2D eigenvalue weighted by atomic mass is 10.2. The van der Waals surface area contributed by atoms with Gasteiger partial charge in [0.1, 0.15) is 23.2 Å². The molecular weight excluding hydrogens is 651 g/mol. The number of ether oxygens (including phenoxy) is 1. The number of aromatic amines is 1. The third kappa shape index (κ3) is 8.67.